The lowest BCUT2D eigenvalue weighted by Crippen LogP contribution is -2.26. The number of hydrogen-bond donors (Lipinski definition) is 2. The van der Waals surface area contributed by atoms with Crippen LogP contribution >= 0.6 is 23.4 Å². The number of carbonyl (C=O) groups is 2. The molecule has 2 amide bonds. The summed E-state index contributed by atoms with van der Waals surface area (Å²) in [6.45, 7) is -0.114. The van der Waals surface area contributed by atoms with Crippen molar-refractivity contribution < 1.29 is 19.6 Å². The van der Waals surface area contributed by atoms with Crippen molar-refractivity contribution in [1.82, 2.24) is 5.32 Å². The molecule has 2 aromatic rings. The molecular formula is C17H15ClN3O5S-. The van der Waals surface area contributed by atoms with E-state index in [1.54, 1.807) is 24.3 Å². The third-order valence-electron chi connectivity index (χ3n) is 3.33. The van der Waals surface area contributed by atoms with Crippen molar-refractivity contribution in [3.8, 4) is 5.75 Å². The van der Waals surface area contributed by atoms with E-state index < -0.39 is 10.7 Å². The molecule has 8 nitrogen and oxygen atoms in total. The number of nitrogens with one attached hydrogen (secondary N) is 2. The zero-order chi connectivity index (χ0) is 19.8. The van der Waals surface area contributed by atoms with Crippen molar-refractivity contribution in [2.75, 3.05) is 16.8 Å². The number of nitro benzene ring substituents is 1. The molecule has 0 aromatic heterocycles. The zero-order valence-corrected chi connectivity index (χ0v) is 15.5. The van der Waals surface area contributed by atoms with Gasteiger partial charge in [-0.15, -0.1) is 17.5 Å². The molecule has 2 aromatic carbocycles. The summed E-state index contributed by atoms with van der Waals surface area (Å²) in [6, 6.07) is 9.97. The molecule has 0 aliphatic carbocycles. The Balaban J connectivity index is 1.73. The standard InChI is InChI=1S/C17H16ClN3O5S/c18-12-1-3-13(4-2-12)20-17(24)10-27-9-16(23)19-8-11-7-14(21(25)26)5-6-15(11)22/h1-7,22H,8-10H2,(H,19,23)(H,20,24)/p-1. The summed E-state index contributed by atoms with van der Waals surface area (Å²) >= 11 is 6.86. The Bertz CT molecular complexity index is 845. The van der Waals surface area contributed by atoms with Crippen LogP contribution in [0.15, 0.2) is 42.5 Å². The van der Waals surface area contributed by atoms with Gasteiger partial charge in [0.1, 0.15) is 0 Å². The first-order valence-electron chi connectivity index (χ1n) is 7.69. The van der Waals surface area contributed by atoms with Gasteiger partial charge >= 0.3 is 0 Å². The average Bonchev–Trinajstić information content (AvgIpc) is 2.62. The number of carbonyl (C=O) groups excluding carboxylic acids is 2. The van der Waals surface area contributed by atoms with Crippen molar-refractivity contribution in [3.63, 3.8) is 0 Å². The second-order valence-corrected chi connectivity index (χ2v) is 6.80. The summed E-state index contributed by atoms with van der Waals surface area (Å²) < 4.78 is 0. The lowest BCUT2D eigenvalue weighted by Gasteiger charge is -2.13. The highest BCUT2D eigenvalue weighted by molar-refractivity contribution is 8.00. The van der Waals surface area contributed by atoms with Crippen molar-refractivity contribution in [2.45, 2.75) is 6.54 Å². The monoisotopic (exact) mass is 408 g/mol. The van der Waals surface area contributed by atoms with Crippen LogP contribution in [0.5, 0.6) is 5.75 Å². The maximum atomic E-state index is 11.8. The molecule has 2 N–H and O–H groups in total. The van der Waals surface area contributed by atoms with Gasteiger partial charge in [-0.3, -0.25) is 19.7 Å². The average molecular weight is 409 g/mol. The van der Waals surface area contributed by atoms with E-state index in [1.165, 1.54) is 0 Å². The van der Waals surface area contributed by atoms with Gasteiger partial charge < -0.3 is 15.7 Å². The molecule has 0 fully saturated rings. The van der Waals surface area contributed by atoms with E-state index in [1.807, 2.05) is 0 Å². The summed E-state index contributed by atoms with van der Waals surface area (Å²) in [5.74, 6) is -0.965. The van der Waals surface area contributed by atoms with E-state index in [-0.39, 0.29) is 41.1 Å². The number of rotatable bonds is 8. The summed E-state index contributed by atoms with van der Waals surface area (Å²) in [4.78, 5) is 33.7. The Morgan fingerprint density at radius 1 is 1.07 bits per heavy atom. The third-order valence-corrected chi connectivity index (χ3v) is 4.51. The fraction of sp³-hybridized carbons (Fsp3) is 0.176. The normalized spacial score (nSPS) is 10.3. The highest BCUT2D eigenvalue weighted by Gasteiger charge is 2.09. The predicted octanol–water partition coefficient (Wildman–Crippen LogP) is 2.31. The molecule has 0 aliphatic rings. The van der Waals surface area contributed by atoms with Crippen molar-refractivity contribution in [2.24, 2.45) is 0 Å². The van der Waals surface area contributed by atoms with Crippen LogP contribution in [0, 0.1) is 10.1 Å². The van der Waals surface area contributed by atoms with Gasteiger partial charge in [-0.25, -0.2) is 0 Å². The Labute approximate surface area is 164 Å². The minimum Gasteiger partial charge on any atom is -0.872 e. The van der Waals surface area contributed by atoms with Crippen LogP contribution in [-0.4, -0.2) is 28.2 Å². The summed E-state index contributed by atoms with van der Waals surface area (Å²) in [6.07, 6.45) is 0. The second kappa shape index (κ2) is 9.79. The van der Waals surface area contributed by atoms with E-state index >= 15 is 0 Å². The van der Waals surface area contributed by atoms with Gasteiger partial charge in [-0.1, -0.05) is 17.7 Å². The van der Waals surface area contributed by atoms with Gasteiger partial charge in [0.05, 0.1) is 16.4 Å². The molecule has 0 heterocycles. The number of nitrogens with zero attached hydrogens (tertiary/aromatic N) is 1. The van der Waals surface area contributed by atoms with Crippen molar-refractivity contribution >= 4 is 46.6 Å². The summed E-state index contributed by atoms with van der Waals surface area (Å²) in [5.41, 5.74) is 0.512. The van der Waals surface area contributed by atoms with Crippen LogP contribution in [-0.2, 0) is 16.1 Å². The topological polar surface area (TPSA) is 124 Å². The number of hydrogen-bond acceptors (Lipinski definition) is 6. The molecule has 0 saturated carbocycles. The van der Waals surface area contributed by atoms with Gasteiger partial charge in [0.15, 0.2) is 0 Å². The van der Waals surface area contributed by atoms with Gasteiger partial charge in [-0.2, -0.15) is 0 Å². The molecule has 0 radical (unpaired) electrons. The molecule has 2 rings (SSSR count). The lowest BCUT2D eigenvalue weighted by molar-refractivity contribution is -0.385. The van der Waals surface area contributed by atoms with Crippen LogP contribution in [0.25, 0.3) is 0 Å². The molecule has 0 aliphatic heterocycles. The fourth-order valence-electron chi connectivity index (χ4n) is 2.03. The number of thioether (sulfide) groups is 1. The smallest absolute Gasteiger partial charge is 0.269 e. The first kappa shape index (κ1) is 20.5. The number of benzene rings is 2. The largest absolute Gasteiger partial charge is 0.872 e. The van der Waals surface area contributed by atoms with Crippen molar-refractivity contribution in [3.05, 3.63) is 63.2 Å². The van der Waals surface area contributed by atoms with Crippen LogP contribution in [0.4, 0.5) is 11.4 Å². The maximum absolute atomic E-state index is 11.8. The number of amides is 2. The third kappa shape index (κ3) is 6.80. The lowest BCUT2D eigenvalue weighted by atomic mass is 10.2. The first-order chi connectivity index (χ1) is 12.8. The number of nitro groups is 1. The number of halogens is 1. The van der Waals surface area contributed by atoms with Crippen LogP contribution in [0.1, 0.15) is 5.56 Å². The minimum absolute atomic E-state index is 0.0111. The molecule has 0 atom stereocenters. The maximum Gasteiger partial charge on any atom is 0.269 e. The van der Waals surface area contributed by atoms with Crippen LogP contribution in [0.2, 0.25) is 5.02 Å². The van der Waals surface area contributed by atoms with Crippen LogP contribution < -0.4 is 15.7 Å². The Kier molecular flexibility index (Phi) is 7.44. The van der Waals surface area contributed by atoms with Gasteiger partial charge in [0.2, 0.25) is 11.8 Å². The molecule has 10 heteroatoms. The Morgan fingerprint density at radius 2 is 1.74 bits per heavy atom. The van der Waals surface area contributed by atoms with Crippen LogP contribution in [0.3, 0.4) is 0 Å². The Morgan fingerprint density at radius 3 is 2.41 bits per heavy atom. The molecule has 0 bridgehead atoms. The molecular weight excluding hydrogens is 394 g/mol. The fourth-order valence-corrected chi connectivity index (χ4v) is 2.80. The van der Waals surface area contributed by atoms with E-state index in [9.17, 15) is 24.8 Å². The SMILES string of the molecule is O=C(CSCC(=O)Nc1ccc(Cl)cc1)NCc1cc([N+](=O)[O-])ccc1[O-]. The van der Waals surface area contributed by atoms with Gasteiger partial charge in [-0.05, 0) is 29.8 Å². The molecule has 27 heavy (non-hydrogen) atoms. The minimum atomic E-state index is -0.611. The van der Waals surface area contributed by atoms with E-state index in [2.05, 4.69) is 10.6 Å². The second-order valence-electron chi connectivity index (χ2n) is 5.37. The molecule has 0 unspecified atom stereocenters. The van der Waals surface area contributed by atoms with Crippen molar-refractivity contribution in [1.29, 1.82) is 0 Å². The highest BCUT2D eigenvalue weighted by atomic mass is 35.5. The molecule has 0 spiro atoms. The number of non-ortho nitro benzene ring substituents is 1. The molecule has 0 saturated heterocycles. The number of anilines is 1. The predicted molar refractivity (Wildman–Crippen MR) is 102 cm³/mol. The summed E-state index contributed by atoms with van der Waals surface area (Å²) in [5, 5.41) is 28.1. The highest BCUT2D eigenvalue weighted by Crippen LogP contribution is 2.20. The van der Waals surface area contributed by atoms with E-state index in [0.29, 0.717) is 10.7 Å². The zero-order valence-electron chi connectivity index (χ0n) is 13.9. The molecule has 142 valence electrons. The van der Waals surface area contributed by atoms with Gasteiger partial charge in [0.25, 0.3) is 5.69 Å². The summed E-state index contributed by atoms with van der Waals surface area (Å²) in [7, 11) is 0. The van der Waals surface area contributed by atoms with Gasteiger partial charge in [0, 0.05) is 29.4 Å². The first-order valence-corrected chi connectivity index (χ1v) is 9.22. The van der Waals surface area contributed by atoms with E-state index in [0.717, 1.165) is 30.0 Å². The Hall–Kier alpha value is -2.78. The quantitative estimate of drug-likeness (QED) is 0.510. The van der Waals surface area contributed by atoms with E-state index in [4.69, 9.17) is 11.6 Å².